The molecule has 0 saturated heterocycles. The van der Waals surface area contributed by atoms with Crippen molar-refractivity contribution in [2.75, 3.05) is 0 Å². The highest BCUT2D eigenvalue weighted by molar-refractivity contribution is 5.12. The molecule has 0 radical (unpaired) electrons. The molecule has 0 aromatic heterocycles. The lowest BCUT2D eigenvalue weighted by atomic mass is 10.4. The van der Waals surface area contributed by atoms with Gasteiger partial charge in [-0.2, -0.15) is 0 Å². The van der Waals surface area contributed by atoms with Crippen molar-refractivity contribution in [2.24, 2.45) is 0 Å². The molecule has 0 spiro atoms. The van der Waals surface area contributed by atoms with Crippen molar-refractivity contribution in [1.29, 1.82) is 0 Å². The average molecular weight is 164 g/mol. The quantitative estimate of drug-likeness (QED) is 0.460. The molecule has 0 aliphatic rings. The van der Waals surface area contributed by atoms with E-state index in [4.69, 9.17) is 0 Å². The van der Waals surface area contributed by atoms with E-state index in [0.717, 1.165) is 6.08 Å². The number of rotatable bonds is 3. The second kappa shape index (κ2) is 3.85. The van der Waals surface area contributed by atoms with Crippen LogP contribution in [0.15, 0.2) is 37.1 Å². The van der Waals surface area contributed by atoms with Crippen LogP contribution in [0.3, 0.4) is 0 Å². The van der Waals surface area contributed by atoms with E-state index < -0.39 is 12.1 Å². The van der Waals surface area contributed by atoms with Crippen LogP contribution in [-0.2, 0) is 4.74 Å². The molecule has 0 unspecified atom stereocenters. The van der Waals surface area contributed by atoms with Crippen LogP contribution < -0.4 is 0 Å². The van der Waals surface area contributed by atoms with Gasteiger partial charge in [0.1, 0.15) is 5.76 Å². The summed E-state index contributed by atoms with van der Waals surface area (Å²) < 4.78 is 37.6. The Morgan fingerprint density at radius 3 is 2.27 bits per heavy atom. The molecule has 0 saturated carbocycles. The Balaban J connectivity index is 3.89. The highest BCUT2D eigenvalue weighted by atomic mass is 19.4. The van der Waals surface area contributed by atoms with Crippen molar-refractivity contribution >= 4 is 0 Å². The number of allylic oxidation sites excluding steroid dienone is 3. The molecule has 0 aliphatic carbocycles. The zero-order valence-corrected chi connectivity index (χ0v) is 5.69. The minimum atomic E-state index is -4.66. The van der Waals surface area contributed by atoms with Gasteiger partial charge in [0, 0.05) is 0 Å². The van der Waals surface area contributed by atoms with E-state index in [9.17, 15) is 13.2 Å². The predicted molar refractivity (Wildman–Crippen MR) is 35.6 cm³/mol. The van der Waals surface area contributed by atoms with Crippen molar-refractivity contribution in [2.45, 2.75) is 6.36 Å². The summed E-state index contributed by atoms with van der Waals surface area (Å²) in [5.41, 5.74) is 0. The van der Waals surface area contributed by atoms with Crippen LogP contribution in [0.5, 0.6) is 0 Å². The summed E-state index contributed by atoms with van der Waals surface area (Å²) in [6.45, 7) is 6.27. The van der Waals surface area contributed by atoms with E-state index in [2.05, 4.69) is 17.9 Å². The Morgan fingerprint density at radius 2 is 1.91 bits per heavy atom. The number of alkyl halides is 3. The fraction of sp³-hybridized carbons (Fsp3) is 0.143. The molecular weight excluding hydrogens is 157 g/mol. The summed E-state index contributed by atoms with van der Waals surface area (Å²) in [4.78, 5) is 0. The normalized spacial score (nSPS) is 11.5. The SMILES string of the molecule is C=C/C=C\C(=C)OC(F)(F)F. The van der Waals surface area contributed by atoms with Gasteiger partial charge in [-0.3, -0.25) is 0 Å². The molecular formula is C7H7F3O. The molecule has 11 heavy (non-hydrogen) atoms. The summed E-state index contributed by atoms with van der Waals surface area (Å²) in [7, 11) is 0. The predicted octanol–water partition coefficient (Wildman–Crippen LogP) is 2.78. The molecule has 0 atom stereocenters. The third-order valence-corrected chi connectivity index (χ3v) is 0.665. The molecule has 0 rings (SSSR count). The largest absolute Gasteiger partial charge is 0.573 e. The first-order chi connectivity index (χ1) is 4.95. The molecule has 0 fully saturated rings. The van der Waals surface area contributed by atoms with Gasteiger partial charge in [-0.05, 0) is 6.08 Å². The third kappa shape index (κ3) is 6.70. The Bertz CT molecular complexity index is 179. The third-order valence-electron chi connectivity index (χ3n) is 0.665. The molecule has 0 amide bonds. The van der Waals surface area contributed by atoms with Gasteiger partial charge in [-0.25, -0.2) is 0 Å². The minimum Gasteiger partial charge on any atom is -0.406 e. The average Bonchev–Trinajstić information content (AvgIpc) is 1.79. The molecule has 4 heteroatoms. The van der Waals surface area contributed by atoms with Crippen LogP contribution in [0.1, 0.15) is 0 Å². The first-order valence-corrected chi connectivity index (χ1v) is 2.69. The highest BCUT2D eigenvalue weighted by Crippen LogP contribution is 2.20. The van der Waals surface area contributed by atoms with Crippen LogP contribution in [-0.4, -0.2) is 6.36 Å². The topological polar surface area (TPSA) is 9.23 Å². The number of halogens is 3. The van der Waals surface area contributed by atoms with Crippen LogP contribution in [0.2, 0.25) is 0 Å². The minimum absolute atomic E-state index is 0.461. The lowest BCUT2D eigenvalue weighted by molar-refractivity contribution is -0.303. The van der Waals surface area contributed by atoms with E-state index in [1.54, 1.807) is 0 Å². The van der Waals surface area contributed by atoms with E-state index in [1.807, 2.05) is 0 Å². The second-order valence-electron chi connectivity index (χ2n) is 1.61. The number of ether oxygens (including phenoxy) is 1. The molecule has 0 aliphatic heterocycles. The Morgan fingerprint density at radius 1 is 1.36 bits per heavy atom. The molecule has 0 bridgehead atoms. The Labute approximate surface area is 62.5 Å². The van der Waals surface area contributed by atoms with Gasteiger partial charge in [0.2, 0.25) is 0 Å². The first kappa shape index (κ1) is 9.81. The van der Waals surface area contributed by atoms with Crippen molar-refractivity contribution in [3.63, 3.8) is 0 Å². The van der Waals surface area contributed by atoms with Gasteiger partial charge < -0.3 is 4.74 Å². The van der Waals surface area contributed by atoms with Gasteiger partial charge in [-0.15, -0.1) is 13.2 Å². The second-order valence-corrected chi connectivity index (χ2v) is 1.61. The number of hydrogen-bond donors (Lipinski definition) is 0. The molecule has 0 N–H and O–H groups in total. The van der Waals surface area contributed by atoms with Gasteiger partial charge in [0.15, 0.2) is 0 Å². The van der Waals surface area contributed by atoms with Crippen molar-refractivity contribution in [3.8, 4) is 0 Å². The standard InChI is InChI=1S/C7H7F3O/c1-3-4-5-6(2)11-7(8,9)10/h3-5H,1-2H2/b5-4-. The monoisotopic (exact) mass is 164 g/mol. The van der Waals surface area contributed by atoms with Crippen LogP contribution in [0.25, 0.3) is 0 Å². The zero-order chi connectivity index (χ0) is 8.91. The summed E-state index contributed by atoms with van der Waals surface area (Å²) in [6, 6.07) is 0. The van der Waals surface area contributed by atoms with E-state index in [1.165, 1.54) is 12.2 Å². The maximum absolute atomic E-state index is 11.4. The number of hydrogen-bond acceptors (Lipinski definition) is 1. The molecule has 62 valence electrons. The van der Waals surface area contributed by atoms with Gasteiger partial charge in [0.25, 0.3) is 0 Å². The molecule has 1 nitrogen and oxygen atoms in total. The molecule has 0 aromatic carbocycles. The molecule has 0 heterocycles. The lowest BCUT2D eigenvalue weighted by Gasteiger charge is -2.06. The van der Waals surface area contributed by atoms with E-state index in [-0.39, 0.29) is 0 Å². The van der Waals surface area contributed by atoms with Gasteiger partial charge in [0.05, 0.1) is 0 Å². The van der Waals surface area contributed by atoms with Crippen molar-refractivity contribution < 1.29 is 17.9 Å². The summed E-state index contributed by atoms with van der Waals surface area (Å²) >= 11 is 0. The lowest BCUT2D eigenvalue weighted by Crippen LogP contribution is -2.11. The van der Waals surface area contributed by atoms with E-state index >= 15 is 0 Å². The highest BCUT2D eigenvalue weighted by Gasteiger charge is 2.30. The smallest absolute Gasteiger partial charge is 0.406 e. The van der Waals surface area contributed by atoms with Gasteiger partial charge >= 0.3 is 6.36 Å². The maximum atomic E-state index is 11.4. The summed E-state index contributed by atoms with van der Waals surface area (Å²) in [5, 5.41) is 0. The van der Waals surface area contributed by atoms with Crippen LogP contribution in [0.4, 0.5) is 13.2 Å². The fourth-order valence-corrected chi connectivity index (χ4v) is 0.358. The first-order valence-electron chi connectivity index (χ1n) is 2.69. The summed E-state index contributed by atoms with van der Waals surface area (Å²) in [5.74, 6) is -0.461. The van der Waals surface area contributed by atoms with Crippen LogP contribution in [0, 0.1) is 0 Å². The van der Waals surface area contributed by atoms with Crippen LogP contribution >= 0.6 is 0 Å². The maximum Gasteiger partial charge on any atom is 0.573 e. The fourth-order valence-electron chi connectivity index (χ4n) is 0.358. The van der Waals surface area contributed by atoms with Crippen molar-refractivity contribution in [1.82, 2.24) is 0 Å². The Hall–Kier alpha value is -1.19. The van der Waals surface area contributed by atoms with Crippen molar-refractivity contribution in [3.05, 3.63) is 37.1 Å². The zero-order valence-electron chi connectivity index (χ0n) is 5.69. The molecule has 0 aromatic rings. The van der Waals surface area contributed by atoms with Gasteiger partial charge in [-0.1, -0.05) is 25.3 Å². The Kier molecular flexibility index (Phi) is 3.44. The summed E-state index contributed by atoms with van der Waals surface area (Å²) in [6.07, 6.45) is -0.970. The van der Waals surface area contributed by atoms with E-state index in [0.29, 0.717) is 0 Å².